The molecule has 0 saturated carbocycles. The third kappa shape index (κ3) is 5.78. The molecule has 0 radical (unpaired) electrons. The van der Waals surface area contributed by atoms with E-state index in [9.17, 15) is 15.3 Å². The molecule has 6 nitrogen and oxygen atoms in total. The number of fused-ring (bicyclic) bond motifs is 1. The Kier molecular flexibility index (Phi) is 7.62. The van der Waals surface area contributed by atoms with Gasteiger partial charge in [0.1, 0.15) is 24.0 Å². The van der Waals surface area contributed by atoms with Crippen LogP contribution in [0.4, 0.5) is 0 Å². The number of aromatic amines is 1. The summed E-state index contributed by atoms with van der Waals surface area (Å²) >= 11 is 3.48. The number of nitrogens with zero attached hydrogens (tertiary/aromatic N) is 2. The number of carbonyl (C=O) groups excluding carboxylic acids is 1. The zero-order chi connectivity index (χ0) is 24.6. The zero-order valence-electron chi connectivity index (χ0n) is 18.7. The molecule has 0 aliphatic carbocycles. The molecule has 35 heavy (non-hydrogen) atoms. The molecule has 0 unspecified atom stereocenters. The number of ether oxygens (including phenoxy) is 1. The van der Waals surface area contributed by atoms with Crippen LogP contribution >= 0.6 is 15.9 Å². The number of halogens is 1. The third-order valence-corrected chi connectivity index (χ3v) is 6.13. The quantitative estimate of drug-likeness (QED) is 0.229. The van der Waals surface area contributed by atoms with E-state index in [0.717, 1.165) is 22.0 Å². The second-order valence-electron chi connectivity index (χ2n) is 7.78. The molecule has 1 heterocycles. The Hall–Kier alpha value is -4.33. The Bertz CT molecular complexity index is 1490. The van der Waals surface area contributed by atoms with Gasteiger partial charge in [-0.15, -0.1) is 0 Å². The first kappa shape index (κ1) is 23.8. The average Bonchev–Trinajstić information content (AvgIpc) is 3.30. The van der Waals surface area contributed by atoms with Gasteiger partial charge >= 0.3 is 0 Å². The lowest BCUT2D eigenvalue weighted by molar-refractivity contribution is -0.117. The Labute approximate surface area is 211 Å². The highest BCUT2D eigenvalue weighted by Crippen LogP contribution is 2.28. The van der Waals surface area contributed by atoms with E-state index in [1.54, 1.807) is 30.3 Å². The van der Waals surface area contributed by atoms with Gasteiger partial charge in [-0.05, 0) is 63.8 Å². The Balaban J connectivity index is 1.38. The standard InChI is InChI=1S/C28H21BrN4O2/c29-25-14-19(9-10-27(25)35-18-22-6-2-1-5-20(22)15-30)13-23(16-31)28(34)32-12-11-21-17-33-26-8-4-3-7-24(21)26/h1-10,13-14,17,33H,11-12,18H2,(H,32,34). The van der Waals surface area contributed by atoms with E-state index in [0.29, 0.717) is 34.3 Å². The molecule has 0 aliphatic rings. The smallest absolute Gasteiger partial charge is 0.261 e. The van der Waals surface area contributed by atoms with E-state index in [4.69, 9.17) is 4.74 Å². The first-order valence-electron chi connectivity index (χ1n) is 10.9. The second kappa shape index (κ2) is 11.2. The van der Waals surface area contributed by atoms with Crippen molar-refractivity contribution in [3.05, 3.63) is 105 Å². The van der Waals surface area contributed by atoms with Gasteiger partial charge in [-0.1, -0.05) is 42.5 Å². The summed E-state index contributed by atoms with van der Waals surface area (Å²) in [5.74, 6) is 0.175. The minimum atomic E-state index is -0.420. The first-order valence-corrected chi connectivity index (χ1v) is 11.7. The van der Waals surface area contributed by atoms with E-state index >= 15 is 0 Å². The number of amides is 1. The highest BCUT2D eigenvalue weighted by molar-refractivity contribution is 9.10. The van der Waals surface area contributed by atoms with Gasteiger partial charge in [0.05, 0.1) is 16.1 Å². The molecule has 2 N–H and O–H groups in total. The molecule has 7 heteroatoms. The summed E-state index contributed by atoms with van der Waals surface area (Å²) in [6.45, 7) is 0.667. The summed E-state index contributed by atoms with van der Waals surface area (Å²) < 4.78 is 6.53. The molecule has 0 saturated heterocycles. The first-order chi connectivity index (χ1) is 17.1. The van der Waals surface area contributed by atoms with Crippen molar-refractivity contribution in [2.75, 3.05) is 6.54 Å². The summed E-state index contributed by atoms with van der Waals surface area (Å²) in [6, 6.07) is 24.7. The largest absolute Gasteiger partial charge is 0.488 e. The molecule has 1 aromatic heterocycles. The lowest BCUT2D eigenvalue weighted by Gasteiger charge is -2.10. The van der Waals surface area contributed by atoms with Crippen molar-refractivity contribution in [2.45, 2.75) is 13.0 Å². The van der Waals surface area contributed by atoms with Crippen LogP contribution in [-0.4, -0.2) is 17.4 Å². The molecule has 0 bridgehead atoms. The number of hydrogen-bond acceptors (Lipinski definition) is 4. The second-order valence-corrected chi connectivity index (χ2v) is 8.64. The monoisotopic (exact) mass is 524 g/mol. The molecule has 4 aromatic rings. The van der Waals surface area contributed by atoms with Crippen LogP contribution in [-0.2, 0) is 17.8 Å². The average molecular weight is 525 g/mol. The van der Waals surface area contributed by atoms with Gasteiger partial charge in [0, 0.05) is 29.2 Å². The van der Waals surface area contributed by atoms with Gasteiger partial charge in [-0.2, -0.15) is 10.5 Å². The molecule has 0 aliphatic heterocycles. The summed E-state index contributed by atoms with van der Waals surface area (Å²) in [4.78, 5) is 15.8. The van der Waals surface area contributed by atoms with Gasteiger partial charge in [0.15, 0.2) is 0 Å². The lowest BCUT2D eigenvalue weighted by Crippen LogP contribution is -2.26. The van der Waals surface area contributed by atoms with Gasteiger partial charge in [0.2, 0.25) is 0 Å². The highest BCUT2D eigenvalue weighted by atomic mass is 79.9. The predicted octanol–water partition coefficient (Wildman–Crippen LogP) is 5.65. The number of hydrogen-bond donors (Lipinski definition) is 2. The number of carbonyl (C=O) groups is 1. The van der Waals surface area contributed by atoms with Crippen LogP contribution in [0.25, 0.3) is 17.0 Å². The molecule has 4 rings (SSSR count). The number of nitriles is 2. The lowest BCUT2D eigenvalue weighted by atomic mass is 10.1. The predicted molar refractivity (Wildman–Crippen MR) is 138 cm³/mol. The Morgan fingerprint density at radius 1 is 1.06 bits per heavy atom. The summed E-state index contributed by atoms with van der Waals surface area (Å²) in [5.41, 5.74) is 4.23. The number of nitrogens with one attached hydrogen (secondary N) is 2. The van der Waals surface area contributed by atoms with Crippen molar-refractivity contribution >= 4 is 38.8 Å². The fourth-order valence-corrected chi connectivity index (χ4v) is 4.21. The maximum absolute atomic E-state index is 12.6. The van der Waals surface area contributed by atoms with Crippen LogP contribution < -0.4 is 10.1 Å². The van der Waals surface area contributed by atoms with Crippen molar-refractivity contribution in [3.63, 3.8) is 0 Å². The van der Waals surface area contributed by atoms with E-state index < -0.39 is 5.91 Å². The van der Waals surface area contributed by atoms with Gasteiger partial charge < -0.3 is 15.0 Å². The Morgan fingerprint density at radius 3 is 2.66 bits per heavy atom. The minimum Gasteiger partial charge on any atom is -0.488 e. The summed E-state index contributed by atoms with van der Waals surface area (Å²) in [6.07, 6.45) is 4.14. The van der Waals surface area contributed by atoms with Gasteiger partial charge in [-0.3, -0.25) is 4.79 Å². The number of H-pyrrole nitrogens is 1. The molecule has 3 aromatic carbocycles. The van der Waals surface area contributed by atoms with Crippen molar-refractivity contribution in [2.24, 2.45) is 0 Å². The topological polar surface area (TPSA) is 102 Å². The van der Waals surface area contributed by atoms with E-state index in [-0.39, 0.29) is 12.2 Å². The molecule has 172 valence electrons. The van der Waals surface area contributed by atoms with Crippen LogP contribution in [0.15, 0.2) is 83.0 Å². The normalized spacial score (nSPS) is 11.0. The fourth-order valence-electron chi connectivity index (χ4n) is 3.69. The van der Waals surface area contributed by atoms with E-state index in [1.165, 1.54) is 0 Å². The van der Waals surface area contributed by atoms with Crippen LogP contribution in [0.3, 0.4) is 0 Å². The molecular weight excluding hydrogens is 504 g/mol. The number of aromatic nitrogens is 1. The molecule has 1 amide bonds. The molecule has 0 fully saturated rings. The Morgan fingerprint density at radius 2 is 1.86 bits per heavy atom. The van der Waals surface area contributed by atoms with E-state index in [2.05, 4.69) is 32.3 Å². The number of para-hydroxylation sites is 1. The highest BCUT2D eigenvalue weighted by Gasteiger charge is 2.11. The molecule has 0 spiro atoms. The fraction of sp³-hybridized carbons (Fsp3) is 0.107. The number of rotatable bonds is 8. The van der Waals surface area contributed by atoms with Gasteiger partial charge in [-0.25, -0.2) is 0 Å². The molecule has 0 atom stereocenters. The number of benzene rings is 3. The maximum Gasteiger partial charge on any atom is 0.261 e. The summed E-state index contributed by atoms with van der Waals surface area (Å²) in [5, 5.41) is 22.7. The van der Waals surface area contributed by atoms with Crippen molar-refractivity contribution < 1.29 is 9.53 Å². The minimum absolute atomic E-state index is 0.0208. The zero-order valence-corrected chi connectivity index (χ0v) is 20.3. The maximum atomic E-state index is 12.6. The van der Waals surface area contributed by atoms with Crippen molar-refractivity contribution in [1.29, 1.82) is 10.5 Å². The van der Waals surface area contributed by atoms with Crippen LogP contribution in [0.1, 0.15) is 22.3 Å². The van der Waals surface area contributed by atoms with E-state index in [1.807, 2.05) is 54.7 Å². The van der Waals surface area contributed by atoms with Crippen LogP contribution in [0.2, 0.25) is 0 Å². The van der Waals surface area contributed by atoms with Crippen LogP contribution in [0, 0.1) is 22.7 Å². The third-order valence-electron chi connectivity index (χ3n) is 5.51. The van der Waals surface area contributed by atoms with Crippen molar-refractivity contribution in [3.8, 4) is 17.9 Å². The van der Waals surface area contributed by atoms with Gasteiger partial charge in [0.25, 0.3) is 5.91 Å². The summed E-state index contributed by atoms with van der Waals surface area (Å²) in [7, 11) is 0. The molecular formula is C28H21BrN4O2. The SMILES string of the molecule is N#CC(=Cc1ccc(OCc2ccccc2C#N)c(Br)c1)C(=O)NCCc1c[nH]c2ccccc12. The van der Waals surface area contributed by atoms with Crippen molar-refractivity contribution in [1.82, 2.24) is 10.3 Å². The van der Waals surface area contributed by atoms with Crippen LogP contribution in [0.5, 0.6) is 5.75 Å².